The van der Waals surface area contributed by atoms with E-state index in [1.807, 2.05) is 39.0 Å². The molecule has 0 aliphatic rings. The van der Waals surface area contributed by atoms with Crippen LogP contribution in [0.2, 0.25) is 0 Å². The number of amides is 2. The van der Waals surface area contributed by atoms with Gasteiger partial charge >= 0.3 is 12.0 Å². The van der Waals surface area contributed by atoms with Crippen LogP contribution in [-0.2, 0) is 0 Å². The van der Waals surface area contributed by atoms with Crippen LogP contribution in [-0.4, -0.2) is 22.0 Å². The Bertz CT molecular complexity index is 998. The zero-order chi connectivity index (χ0) is 18.7. The number of aryl methyl sites for hydroxylation is 3. The van der Waals surface area contributed by atoms with Gasteiger partial charge in [-0.1, -0.05) is 24.3 Å². The second-order valence-electron chi connectivity index (χ2n) is 6.09. The van der Waals surface area contributed by atoms with E-state index in [1.54, 1.807) is 12.1 Å². The molecule has 0 fully saturated rings. The summed E-state index contributed by atoms with van der Waals surface area (Å²) in [7, 11) is 0. The predicted molar refractivity (Wildman–Crippen MR) is 102 cm³/mol. The smallest absolute Gasteiger partial charge is 0.322 e. The van der Waals surface area contributed by atoms with E-state index in [4.69, 9.17) is 5.73 Å². The van der Waals surface area contributed by atoms with Crippen molar-refractivity contribution in [3.05, 3.63) is 59.3 Å². The fourth-order valence-electron chi connectivity index (χ4n) is 2.75. The number of aromatic nitrogens is 2. The standard InChI is InChI=1S/C19H20N6O/c1-11-9-12(2)16-15(10-11)13(3)21-18(23-16)24-17(20)25-19(26)22-14-7-5-4-6-8-14/h4-10H,1-3H3,(H4,20,21,22,23,24,25,26)/p+1. The van der Waals surface area contributed by atoms with Crippen molar-refractivity contribution in [3.8, 4) is 0 Å². The molecule has 7 nitrogen and oxygen atoms in total. The van der Waals surface area contributed by atoms with Crippen LogP contribution in [0.4, 0.5) is 16.4 Å². The molecule has 26 heavy (non-hydrogen) atoms. The van der Waals surface area contributed by atoms with Crippen LogP contribution in [0.25, 0.3) is 10.9 Å². The topological polar surface area (TPSA) is 107 Å². The molecule has 1 heterocycles. The summed E-state index contributed by atoms with van der Waals surface area (Å²) >= 11 is 0. The summed E-state index contributed by atoms with van der Waals surface area (Å²) in [6, 6.07) is 12.8. The van der Waals surface area contributed by atoms with Gasteiger partial charge in [0.2, 0.25) is 0 Å². The van der Waals surface area contributed by atoms with Crippen LogP contribution in [0.3, 0.4) is 0 Å². The summed E-state index contributed by atoms with van der Waals surface area (Å²) < 4.78 is 0. The molecule has 0 saturated heterocycles. The molecule has 0 spiro atoms. The van der Waals surface area contributed by atoms with E-state index in [-0.39, 0.29) is 5.96 Å². The number of carbonyl (C=O) groups excluding carboxylic acids is 1. The number of hydrogen-bond donors (Lipinski definition) is 4. The molecule has 1 aromatic heterocycles. The number of hydrogen-bond acceptors (Lipinski definition) is 3. The second kappa shape index (κ2) is 7.18. The minimum absolute atomic E-state index is 0.0435. The number of guanidine groups is 1. The van der Waals surface area contributed by atoms with E-state index in [1.165, 1.54) is 0 Å². The molecule has 0 bridgehead atoms. The van der Waals surface area contributed by atoms with Gasteiger partial charge in [0.25, 0.3) is 5.96 Å². The van der Waals surface area contributed by atoms with E-state index in [9.17, 15) is 4.79 Å². The predicted octanol–water partition coefficient (Wildman–Crippen LogP) is 1.40. The van der Waals surface area contributed by atoms with Crippen LogP contribution >= 0.6 is 0 Å². The van der Waals surface area contributed by atoms with Gasteiger partial charge in [-0.15, -0.1) is 9.97 Å². The maximum absolute atomic E-state index is 12.0. The first kappa shape index (κ1) is 17.3. The molecule has 0 radical (unpaired) electrons. The highest BCUT2D eigenvalue weighted by Crippen LogP contribution is 2.21. The Balaban J connectivity index is 1.81. The van der Waals surface area contributed by atoms with Gasteiger partial charge in [-0.05, 0) is 50.1 Å². The van der Waals surface area contributed by atoms with Crippen LogP contribution in [0.15, 0.2) is 42.5 Å². The molecule has 0 aliphatic carbocycles. The summed E-state index contributed by atoms with van der Waals surface area (Å²) in [4.78, 5) is 23.7. The van der Waals surface area contributed by atoms with Crippen LogP contribution in [0.5, 0.6) is 0 Å². The number of nitrogens with two attached hydrogens (primary N) is 1. The largest absolute Gasteiger partial charge is 0.360 e. The number of nitrogens with one attached hydrogen (secondary N) is 3. The van der Waals surface area contributed by atoms with Crippen molar-refractivity contribution in [2.45, 2.75) is 20.8 Å². The molecule has 5 N–H and O–H groups in total. The van der Waals surface area contributed by atoms with Gasteiger partial charge in [-0.3, -0.25) is 5.32 Å². The highest BCUT2D eigenvalue weighted by molar-refractivity contribution is 6.00. The van der Waals surface area contributed by atoms with E-state index in [0.717, 1.165) is 27.7 Å². The van der Waals surface area contributed by atoms with Gasteiger partial charge in [0.15, 0.2) is 0 Å². The highest BCUT2D eigenvalue weighted by Gasteiger charge is 2.13. The lowest BCUT2D eigenvalue weighted by molar-refractivity contribution is -0.367. The number of anilines is 1. The molecular weight excluding hydrogens is 328 g/mol. The number of para-hydroxylation sites is 1. The van der Waals surface area contributed by atoms with Crippen molar-refractivity contribution in [1.82, 2.24) is 15.3 Å². The first-order chi connectivity index (χ1) is 12.4. The number of carbonyl (C=O) groups is 1. The number of fused-ring (bicyclic) bond motifs is 1. The average molecular weight is 349 g/mol. The Morgan fingerprint density at radius 3 is 2.54 bits per heavy atom. The van der Waals surface area contributed by atoms with E-state index < -0.39 is 6.03 Å². The van der Waals surface area contributed by atoms with Crippen molar-refractivity contribution in [1.29, 1.82) is 0 Å². The zero-order valence-corrected chi connectivity index (χ0v) is 14.9. The summed E-state index contributed by atoms with van der Waals surface area (Å²) in [6.45, 7) is 5.96. The van der Waals surface area contributed by atoms with Gasteiger partial charge in [0, 0.05) is 11.1 Å². The van der Waals surface area contributed by atoms with Crippen molar-refractivity contribution in [3.63, 3.8) is 0 Å². The third kappa shape index (κ3) is 3.94. The zero-order valence-electron chi connectivity index (χ0n) is 14.9. The van der Waals surface area contributed by atoms with Crippen LogP contribution < -0.4 is 21.4 Å². The summed E-state index contributed by atoms with van der Waals surface area (Å²) in [5, 5.41) is 6.21. The Morgan fingerprint density at radius 2 is 1.81 bits per heavy atom. The minimum atomic E-state index is -0.453. The molecule has 0 aliphatic heterocycles. The van der Waals surface area contributed by atoms with Gasteiger partial charge in [-0.25, -0.2) is 15.1 Å². The fourth-order valence-corrected chi connectivity index (χ4v) is 2.75. The first-order valence-corrected chi connectivity index (χ1v) is 8.20. The molecule has 0 unspecified atom stereocenters. The molecule has 3 aromatic rings. The van der Waals surface area contributed by atoms with Crippen LogP contribution in [0, 0.1) is 20.8 Å². The Labute approximate surface area is 151 Å². The summed E-state index contributed by atoms with van der Waals surface area (Å²) in [6.07, 6.45) is 0. The number of rotatable bonds is 2. The number of nitrogens with zero attached hydrogens (tertiary/aromatic N) is 2. The maximum Gasteiger partial charge on any atom is 0.360 e. The maximum atomic E-state index is 12.0. The third-order valence-electron chi connectivity index (χ3n) is 3.85. The Hall–Kier alpha value is -3.48. The third-order valence-corrected chi connectivity index (χ3v) is 3.85. The molecular formula is C19H21N6O+. The second-order valence-corrected chi connectivity index (χ2v) is 6.09. The normalized spacial score (nSPS) is 11.4. The van der Waals surface area contributed by atoms with Crippen molar-refractivity contribution >= 4 is 34.5 Å². The molecule has 3 rings (SSSR count). The fraction of sp³-hybridized carbons (Fsp3) is 0.158. The van der Waals surface area contributed by atoms with Crippen molar-refractivity contribution in [2.75, 3.05) is 5.32 Å². The molecule has 0 atom stereocenters. The lowest BCUT2D eigenvalue weighted by Gasteiger charge is -2.05. The lowest BCUT2D eigenvalue weighted by Crippen LogP contribution is -2.75. The van der Waals surface area contributed by atoms with Gasteiger partial charge < -0.3 is 5.73 Å². The molecule has 0 saturated carbocycles. The summed E-state index contributed by atoms with van der Waals surface area (Å²) in [5.74, 6) is 0.376. The molecule has 2 amide bonds. The molecule has 2 aromatic carbocycles. The van der Waals surface area contributed by atoms with Crippen molar-refractivity contribution in [2.24, 2.45) is 5.73 Å². The molecule has 132 valence electrons. The van der Waals surface area contributed by atoms with E-state index >= 15 is 0 Å². The van der Waals surface area contributed by atoms with E-state index in [2.05, 4.69) is 37.7 Å². The highest BCUT2D eigenvalue weighted by atomic mass is 16.2. The Morgan fingerprint density at radius 1 is 1.08 bits per heavy atom. The van der Waals surface area contributed by atoms with E-state index in [0.29, 0.717) is 11.6 Å². The number of benzene rings is 2. The van der Waals surface area contributed by atoms with Gasteiger partial charge in [0.05, 0.1) is 5.69 Å². The quantitative estimate of drug-likeness (QED) is 0.414. The van der Waals surface area contributed by atoms with Crippen LogP contribution in [0.1, 0.15) is 16.8 Å². The SMILES string of the molecule is Cc1cc(C)c2nc(/[NH+]=C(\N)NC(=O)Nc3ccccc3)nc(C)c2c1. The van der Waals surface area contributed by atoms with Crippen molar-refractivity contribution < 1.29 is 9.79 Å². The monoisotopic (exact) mass is 349 g/mol. The lowest BCUT2D eigenvalue weighted by atomic mass is 10.1. The Kier molecular flexibility index (Phi) is 4.79. The summed E-state index contributed by atoms with van der Waals surface area (Å²) in [5.41, 5.74) is 10.4. The van der Waals surface area contributed by atoms with Gasteiger partial charge in [-0.2, -0.15) is 0 Å². The first-order valence-electron chi connectivity index (χ1n) is 8.20. The number of urea groups is 1. The average Bonchev–Trinajstić information content (AvgIpc) is 2.56. The van der Waals surface area contributed by atoms with Gasteiger partial charge in [0.1, 0.15) is 5.52 Å². The minimum Gasteiger partial charge on any atom is -0.322 e. The molecule has 7 heteroatoms.